The van der Waals surface area contributed by atoms with E-state index in [4.69, 9.17) is 19.4 Å². The van der Waals surface area contributed by atoms with Gasteiger partial charge in [0.1, 0.15) is 11.2 Å². The number of nitrogens with zero attached hydrogens (tertiary/aromatic N) is 3. The Morgan fingerprint density at radius 1 is 0.327 bits per heavy atom. The van der Waals surface area contributed by atoms with Crippen molar-refractivity contribution in [2.45, 2.75) is 0 Å². The van der Waals surface area contributed by atoms with Crippen LogP contribution >= 0.6 is 0 Å². The Labute approximate surface area is 282 Å². The van der Waals surface area contributed by atoms with Crippen LogP contribution < -0.4 is 0 Å². The van der Waals surface area contributed by atoms with Gasteiger partial charge in [-0.15, -0.1) is 0 Å². The van der Waals surface area contributed by atoms with Gasteiger partial charge in [0.2, 0.25) is 0 Å². The monoisotopic (exact) mass is 625 g/mol. The second-order valence-corrected chi connectivity index (χ2v) is 12.4. The summed E-state index contributed by atoms with van der Waals surface area (Å²) in [4.78, 5) is 15.5. The van der Waals surface area contributed by atoms with Crippen LogP contribution in [0.3, 0.4) is 0 Å². The highest BCUT2D eigenvalue weighted by Crippen LogP contribution is 2.39. The Balaban J connectivity index is 1.21. The lowest BCUT2D eigenvalue weighted by Crippen LogP contribution is -2.01. The molecule has 0 atom stereocenters. The Hall–Kier alpha value is -6.65. The highest BCUT2D eigenvalue weighted by molar-refractivity contribution is 6.09. The fraction of sp³-hybridized carbons (Fsp3) is 0. The molecule has 0 amide bonds. The van der Waals surface area contributed by atoms with Gasteiger partial charge in [0.05, 0.1) is 5.56 Å². The summed E-state index contributed by atoms with van der Waals surface area (Å²) in [6.07, 6.45) is 0. The van der Waals surface area contributed by atoms with Crippen molar-refractivity contribution in [3.63, 3.8) is 0 Å². The first-order valence-corrected chi connectivity index (χ1v) is 16.4. The van der Waals surface area contributed by atoms with Crippen molar-refractivity contribution < 1.29 is 4.42 Å². The van der Waals surface area contributed by atoms with E-state index in [0.29, 0.717) is 17.5 Å². The summed E-state index contributed by atoms with van der Waals surface area (Å²) in [5.74, 6) is 1.80. The number of para-hydroxylation sites is 2. The molecule has 0 bridgehead atoms. The smallest absolute Gasteiger partial charge is 0.167 e. The van der Waals surface area contributed by atoms with Gasteiger partial charge in [0.25, 0.3) is 0 Å². The molecule has 0 N–H and O–H groups in total. The molecule has 2 aromatic heterocycles. The lowest BCUT2D eigenvalue weighted by atomic mass is 9.93. The van der Waals surface area contributed by atoms with Crippen LogP contribution in [0, 0.1) is 0 Å². The van der Waals surface area contributed by atoms with Crippen molar-refractivity contribution >= 4 is 54.3 Å². The van der Waals surface area contributed by atoms with Crippen LogP contribution in [0.4, 0.5) is 0 Å². The van der Waals surface area contributed by atoms with Gasteiger partial charge in [-0.25, -0.2) is 15.0 Å². The minimum Gasteiger partial charge on any atom is -0.455 e. The number of fused-ring (bicyclic) bond motifs is 6. The Morgan fingerprint density at radius 3 is 1.61 bits per heavy atom. The SMILES string of the molecule is c1ccc2cc(-c3nc(-c4ccc(-c5ccc6ccccc6c5)c5ccccc45)nc(-c4cccc5c4oc4ccccc45)n3)ccc2c1. The third kappa shape index (κ3) is 4.57. The van der Waals surface area contributed by atoms with Gasteiger partial charge in [0.15, 0.2) is 17.5 Å². The quantitative estimate of drug-likeness (QED) is 0.195. The van der Waals surface area contributed by atoms with Crippen LogP contribution in [0.2, 0.25) is 0 Å². The molecular weight excluding hydrogens is 599 g/mol. The Morgan fingerprint density at radius 2 is 0.857 bits per heavy atom. The molecule has 0 aliphatic heterocycles. The third-order valence-corrected chi connectivity index (χ3v) is 9.51. The van der Waals surface area contributed by atoms with Crippen molar-refractivity contribution in [3.8, 4) is 45.3 Å². The summed E-state index contributed by atoms with van der Waals surface area (Å²) in [5.41, 5.74) is 6.65. The van der Waals surface area contributed by atoms with Gasteiger partial charge < -0.3 is 4.42 Å². The molecule has 49 heavy (non-hydrogen) atoms. The van der Waals surface area contributed by atoms with E-state index >= 15 is 0 Å². The second-order valence-electron chi connectivity index (χ2n) is 12.4. The molecular formula is C45H27N3O. The van der Waals surface area contributed by atoms with E-state index in [0.717, 1.165) is 54.8 Å². The third-order valence-electron chi connectivity index (χ3n) is 9.51. The first-order valence-electron chi connectivity index (χ1n) is 16.4. The lowest BCUT2D eigenvalue weighted by molar-refractivity contribution is 0.669. The number of hydrogen-bond donors (Lipinski definition) is 0. The van der Waals surface area contributed by atoms with E-state index in [1.807, 2.05) is 30.3 Å². The molecule has 0 fully saturated rings. The fourth-order valence-electron chi connectivity index (χ4n) is 7.10. The standard InChI is InChI=1S/C45H27N3O/c1-3-12-30-26-32(22-20-28(30)10-1)34-24-25-39(36-15-6-5-14-35(34)36)44-46-43(33-23-21-29-11-2-4-13-31(29)27-33)47-45(48-44)40-18-9-17-38-37-16-7-8-19-41(37)49-42(38)40/h1-27H. The molecule has 4 heteroatoms. The average Bonchev–Trinajstić information content (AvgIpc) is 3.56. The molecule has 2 heterocycles. The normalized spacial score (nSPS) is 11.7. The van der Waals surface area contributed by atoms with Crippen LogP contribution in [0.1, 0.15) is 0 Å². The van der Waals surface area contributed by atoms with Crippen LogP contribution in [0.25, 0.3) is 99.5 Å². The fourth-order valence-corrected chi connectivity index (χ4v) is 7.10. The van der Waals surface area contributed by atoms with Crippen LogP contribution in [-0.4, -0.2) is 15.0 Å². The van der Waals surface area contributed by atoms with Gasteiger partial charge in [-0.2, -0.15) is 0 Å². The van der Waals surface area contributed by atoms with Gasteiger partial charge in [-0.05, 0) is 73.8 Å². The average molecular weight is 626 g/mol. The summed E-state index contributed by atoms with van der Waals surface area (Å²) in [5, 5.41) is 9.07. The van der Waals surface area contributed by atoms with Crippen LogP contribution in [-0.2, 0) is 0 Å². The molecule has 0 saturated heterocycles. The van der Waals surface area contributed by atoms with Crippen LogP contribution in [0.5, 0.6) is 0 Å². The maximum atomic E-state index is 6.45. The van der Waals surface area contributed by atoms with Gasteiger partial charge in [-0.1, -0.05) is 133 Å². The Kier molecular flexibility index (Phi) is 6.15. The minimum absolute atomic E-state index is 0.570. The van der Waals surface area contributed by atoms with E-state index in [1.165, 1.54) is 27.3 Å². The molecule has 0 aliphatic rings. The zero-order valence-electron chi connectivity index (χ0n) is 26.3. The molecule has 4 nitrogen and oxygen atoms in total. The minimum atomic E-state index is 0.570. The summed E-state index contributed by atoms with van der Waals surface area (Å²) < 4.78 is 6.45. The van der Waals surface area contributed by atoms with E-state index in [-0.39, 0.29) is 0 Å². The molecule has 10 aromatic rings. The molecule has 0 radical (unpaired) electrons. The van der Waals surface area contributed by atoms with Gasteiger partial charge >= 0.3 is 0 Å². The molecule has 0 unspecified atom stereocenters. The molecule has 0 saturated carbocycles. The number of rotatable bonds is 4. The number of benzene rings is 8. The zero-order valence-corrected chi connectivity index (χ0v) is 26.3. The topological polar surface area (TPSA) is 51.8 Å². The maximum Gasteiger partial charge on any atom is 0.167 e. The summed E-state index contributed by atoms with van der Waals surface area (Å²) in [6.45, 7) is 0. The van der Waals surface area contributed by atoms with Crippen molar-refractivity contribution in [3.05, 3.63) is 164 Å². The van der Waals surface area contributed by atoms with E-state index in [1.54, 1.807) is 0 Å². The molecule has 0 aliphatic carbocycles. The van der Waals surface area contributed by atoms with Crippen molar-refractivity contribution in [1.82, 2.24) is 15.0 Å². The maximum absolute atomic E-state index is 6.45. The van der Waals surface area contributed by atoms with Crippen LogP contribution in [0.15, 0.2) is 168 Å². The highest BCUT2D eigenvalue weighted by Gasteiger charge is 2.19. The molecule has 0 spiro atoms. The van der Waals surface area contributed by atoms with E-state index in [9.17, 15) is 0 Å². The molecule has 228 valence electrons. The largest absolute Gasteiger partial charge is 0.455 e. The zero-order chi connectivity index (χ0) is 32.3. The van der Waals surface area contributed by atoms with Crippen molar-refractivity contribution in [2.24, 2.45) is 0 Å². The van der Waals surface area contributed by atoms with E-state index < -0.39 is 0 Å². The highest BCUT2D eigenvalue weighted by atomic mass is 16.3. The predicted octanol–water partition coefficient (Wildman–Crippen LogP) is 11.9. The summed E-state index contributed by atoms with van der Waals surface area (Å²) in [7, 11) is 0. The number of furan rings is 1. The second kappa shape index (κ2) is 11.0. The van der Waals surface area contributed by atoms with Gasteiger partial charge in [0, 0.05) is 21.9 Å². The number of hydrogen-bond acceptors (Lipinski definition) is 4. The van der Waals surface area contributed by atoms with E-state index in [2.05, 4.69) is 133 Å². The molecule has 10 rings (SSSR count). The number of aromatic nitrogens is 3. The molecule has 8 aromatic carbocycles. The summed E-state index contributed by atoms with van der Waals surface area (Å²) >= 11 is 0. The van der Waals surface area contributed by atoms with Crippen molar-refractivity contribution in [2.75, 3.05) is 0 Å². The first-order chi connectivity index (χ1) is 24.3. The predicted molar refractivity (Wildman–Crippen MR) is 201 cm³/mol. The lowest BCUT2D eigenvalue weighted by Gasteiger charge is -2.14. The van der Waals surface area contributed by atoms with Crippen molar-refractivity contribution in [1.29, 1.82) is 0 Å². The Bertz CT molecular complexity index is 2900. The summed E-state index contributed by atoms with van der Waals surface area (Å²) in [6, 6.07) is 57.0. The first kappa shape index (κ1) is 27.5. The van der Waals surface area contributed by atoms with Gasteiger partial charge in [-0.3, -0.25) is 0 Å².